The first-order chi connectivity index (χ1) is 7.66. The number of carbonyl (C=O) groups is 2. The number of rotatable bonds is 3. The van der Waals surface area contributed by atoms with Crippen molar-refractivity contribution in [1.29, 1.82) is 0 Å². The van der Waals surface area contributed by atoms with E-state index in [1.165, 1.54) is 0 Å². The molecule has 0 radical (unpaired) electrons. The largest absolute Gasteiger partial charge is 1.00 e. The van der Waals surface area contributed by atoms with Gasteiger partial charge in [-0.3, -0.25) is 4.79 Å². The van der Waals surface area contributed by atoms with Gasteiger partial charge in [-0.15, -0.1) is 0 Å². The molecule has 0 fully saturated rings. The Hall–Kier alpha value is -1.56. The van der Waals surface area contributed by atoms with Gasteiger partial charge < -0.3 is 9.90 Å². The van der Waals surface area contributed by atoms with Crippen molar-refractivity contribution in [3.63, 3.8) is 0 Å². The van der Waals surface area contributed by atoms with Crippen LogP contribution in [0.3, 0.4) is 0 Å². The number of hydrogen-bond acceptors (Lipinski definition) is 3. The van der Waals surface area contributed by atoms with E-state index < -0.39 is 18.2 Å². The smallest absolute Gasteiger partial charge is 0.550 e. The Morgan fingerprint density at radius 2 is 1.65 bits per heavy atom. The first kappa shape index (κ1) is 13.5. The van der Waals surface area contributed by atoms with Crippen molar-refractivity contribution in [2.24, 2.45) is 0 Å². The van der Waals surface area contributed by atoms with Gasteiger partial charge in [-0.2, -0.15) is 0 Å². The number of fused-ring (bicyclic) bond motifs is 1. The number of aliphatic carboxylic acids is 1. The summed E-state index contributed by atoms with van der Waals surface area (Å²) in [5, 5.41) is 12.3. The zero-order valence-corrected chi connectivity index (χ0v) is 9.47. The van der Waals surface area contributed by atoms with Crippen molar-refractivity contribution in [3.05, 3.63) is 48.0 Å². The average molecular weight is 220 g/mol. The van der Waals surface area contributed by atoms with Crippen LogP contribution in [0, 0.1) is 0 Å². The molecule has 0 aromatic heterocycles. The number of carboxylic acid groups (broad SMARTS) is 1. The van der Waals surface area contributed by atoms with Crippen LogP contribution in [-0.4, -0.2) is 11.8 Å². The van der Waals surface area contributed by atoms with Gasteiger partial charge in [0, 0.05) is 11.5 Å². The Kier molecular flexibility index (Phi) is 4.51. The molecule has 0 atom stereocenters. The molecule has 2 rings (SSSR count). The second-order valence-corrected chi connectivity index (χ2v) is 3.53. The molecular formula is C13H9LiO3. The maximum atomic E-state index is 11.5. The Bertz CT molecular complexity index is 563. The van der Waals surface area contributed by atoms with Crippen molar-refractivity contribution in [1.82, 2.24) is 0 Å². The maximum absolute atomic E-state index is 11.5. The van der Waals surface area contributed by atoms with Gasteiger partial charge in [-0.25, -0.2) is 0 Å². The molecule has 0 amide bonds. The molecule has 2 aromatic rings. The van der Waals surface area contributed by atoms with E-state index in [0.29, 0.717) is 5.56 Å². The van der Waals surface area contributed by atoms with Gasteiger partial charge in [-0.1, -0.05) is 36.4 Å². The second-order valence-electron chi connectivity index (χ2n) is 3.53. The van der Waals surface area contributed by atoms with Crippen LogP contribution in [-0.2, 0) is 4.79 Å². The third kappa shape index (κ3) is 3.20. The summed E-state index contributed by atoms with van der Waals surface area (Å²) in [6, 6.07) is 12.7. The van der Waals surface area contributed by atoms with Crippen LogP contribution < -0.4 is 24.0 Å². The molecule has 0 N–H and O–H groups in total. The normalized spacial score (nSPS) is 9.65. The Morgan fingerprint density at radius 1 is 1.00 bits per heavy atom. The van der Waals surface area contributed by atoms with E-state index in [2.05, 4.69) is 0 Å². The Labute approximate surface area is 111 Å². The van der Waals surface area contributed by atoms with Gasteiger partial charge in [0.1, 0.15) is 0 Å². The van der Waals surface area contributed by atoms with E-state index >= 15 is 0 Å². The van der Waals surface area contributed by atoms with E-state index in [0.717, 1.165) is 10.8 Å². The van der Waals surface area contributed by atoms with Crippen molar-refractivity contribution in [2.75, 3.05) is 0 Å². The summed E-state index contributed by atoms with van der Waals surface area (Å²) in [5.41, 5.74) is 0.405. The molecule has 0 unspecified atom stereocenters. The fraction of sp³-hybridized carbons (Fsp3) is 0.0769. The fourth-order valence-electron chi connectivity index (χ4n) is 1.60. The van der Waals surface area contributed by atoms with Crippen LogP contribution in [0.2, 0.25) is 0 Å². The summed E-state index contributed by atoms with van der Waals surface area (Å²) in [5.74, 6) is -1.77. The van der Waals surface area contributed by atoms with Crippen LogP contribution >= 0.6 is 0 Å². The molecule has 0 aliphatic rings. The quantitative estimate of drug-likeness (QED) is 0.347. The molecule has 0 spiro atoms. The summed E-state index contributed by atoms with van der Waals surface area (Å²) < 4.78 is 0. The zero-order valence-electron chi connectivity index (χ0n) is 9.47. The predicted molar refractivity (Wildman–Crippen MR) is 57.9 cm³/mol. The standard InChI is InChI=1S/C13H10O3.Li/c14-12(8-13(15)16)11-6-5-9-3-1-2-4-10(9)7-11;/h1-7H,8H2,(H,15,16);/q;+1/p-1. The van der Waals surface area contributed by atoms with Crippen LogP contribution in [0.1, 0.15) is 16.8 Å². The summed E-state index contributed by atoms with van der Waals surface area (Å²) in [7, 11) is 0. The van der Waals surface area contributed by atoms with Gasteiger partial charge in [0.25, 0.3) is 0 Å². The summed E-state index contributed by atoms with van der Waals surface area (Å²) in [6.07, 6.45) is -0.571. The van der Waals surface area contributed by atoms with Gasteiger partial charge in [0.15, 0.2) is 5.78 Å². The molecule has 0 aliphatic carbocycles. The SMILES string of the molecule is O=C([O-])CC(=O)c1ccc2ccccc2c1.[Li+]. The molecule has 0 aliphatic heterocycles. The van der Waals surface area contributed by atoms with E-state index in [1.807, 2.05) is 24.3 Å². The van der Waals surface area contributed by atoms with Gasteiger partial charge in [-0.05, 0) is 16.8 Å². The number of carbonyl (C=O) groups excluding carboxylic acids is 2. The van der Waals surface area contributed by atoms with Crippen LogP contribution in [0.5, 0.6) is 0 Å². The van der Waals surface area contributed by atoms with Crippen molar-refractivity contribution in [3.8, 4) is 0 Å². The number of Topliss-reactive ketones (excluding diaryl/α,β-unsaturated/α-hetero) is 1. The number of benzene rings is 2. The molecule has 17 heavy (non-hydrogen) atoms. The topological polar surface area (TPSA) is 57.2 Å². The molecule has 80 valence electrons. The van der Waals surface area contributed by atoms with Crippen LogP contribution in [0.25, 0.3) is 10.8 Å². The van der Waals surface area contributed by atoms with Gasteiger partial charge in [0.2, 0.25) is 0 Å². The fourth-order valence-corrected chi connectivity index (χ4v) is 1.60. The van der Waals surface area contributed by atoms with E-state index in [4.69, 9.17) is 0 Å². The third-order valence-electron chi connectivity index (χ3n) is 2.38. The minimum atomic E-state index is -1.35. The number of ketones is 1. The third-order valence-corrected chi connectivity index (χ3v) is 2.38. The molecule has 3 nitrogen and oxygen atoms in total. The summed E-state index contributed by atoms with van der Waals surface area (Å²) in [6.45, 7) is 0. The summed E-state index contributed by atoms with van der Waals surface area (Å²) >= 11 is 0. The second kappa shape index (κ2) is 5.67. The molecule has 0 heterocycles. The van der Waals surface area contributed by atoms with Crippen LogP contribution in [0.4, 0.5) is 0 Å². The van der Waals surface area contributed by atoms with E-state index in [9.17, 15) is 14.7 Å². The minimum Gasteiger partial charge on any atom is -0.550 e. The Balaban J connectivity index is 0.00000144. The summed E-state index contributed by atoms with van der Waals surface area (Å²) in [4.78, 5) is 21.8. The minimum absolute atomic E-state index is 0. The molecule has 0 saturated carbocycles. The van der Waals surface area contributed by atoms with Crippen LogP contribution in [0.15, 0.2) is 42.5 Å². The van der Waals surface area contributed by atoms with Crippen molar-refractivity contribution < 1.29 is 33.6 Å². The molecular weight excluding hydrogens is 211 g/mol. The first-order valence-corrected chi connectivity index (χ1v) is 4.88. The van der Waals surface area contributed by atoms with Gasteiger partial charge >= 0.3 is 18.9 Å². The van der Waals surface area contributed by atoms with E-state index in [-0.39, 0.29) is 18.9 Å². The predicted octanol–water partition coefficient (Wildman–Crippen LogP) is -1.83. The first-order valence-electron chi connectivity index (χ1n) is 4.88. The molecule has 2 aromatic carbocycles. The average Bonchev–Trinajstić information content (AvgIpc) is 2.27. The Morgan fingerprint density at radius 3 is 2.29 bits per heavy atom. The molecule has 0 bridgehead atoms. The number of carboxylic acids is 1. The maximum Gasteiger partial charge on any atom is 1.00 e. The monoisotopic (exact) mass is 220 g/mol. The van der Waals surface area contributed by atoms with Crippen molar-refractivity contribution >= 4 is 22.5 Å². The van der Waals surface area contributed by atoms with E-state index in [1.54, 1.807) is 18.2 Å². The molecule has 4 heteroatoms. The zero-order chi connectivity index (χ0) is 11.5. The number of hydrogen-bond donors (Lipinski definition) is 0. The van der Waals surface area contributed by atoms with Gasteiger partial charge in [0.05, 0.1) is 6.42 Å². The van der Waals surface area contributed by atoms with Crippen molar-refractivity contribution in [2.45, 2.75) is 6.42 Å². The molecule has 0 saturated heterocycles.